The molecule has 0 bridgehead atoms. The fourth-order valence-corrected chi connectivity index (χ4v) is 3.65. The fourth-order valence-electron chi connectivity index (χ4n) is 1.97. The SMILES string of the molecule is CCCCS(=O)(=O)N1CCC(OCC(C)=O)CC1. The lowest BCUT2D eigenvalue weighted by molar-refractivity contribution is -0.124. The summed E-state index contributed by atoms with van der Waals surface area (Å²) in [7, 11) is -3.09. The van der Waals surface area contributed by atoms with Crippen LogP contribution in [0, 0.1) is 0 Å². The van der Waals surface area contributed by atoms with Crippen LogP contribution in [0.3, 0.4) is 0 Å². The maximum atomic E-state index is 11.9. The summed E-state index contributed by atoms with van der Waals surface area (Å²) in [5.74, 6) is 0.246. The molecule has 0 aromatic heterocycles. The number of piperidine rings is 1. The van der Waals surface area contributed by atoms with E-state index in [2.05, 4.69) is 0 Å². The number of ketones is 1. The van der Waals surface area contributed by atoms with Crippen LogP contribution in [0.25, 0.3) is 0 Å². The largest absolute Gasteiger partial charge is 0.370 e. The number of hydrogen-bond donors (Lipinski definition) is 0. The van der Waals surface area contributed by atoms with E-state index in [-0.39, 0.29) is 24.2 Å². The minimum Gasteiger partial charge on any atom is -0.370 e. The number of unbranched alkanes of at least 4 members (excludes halogenated alkanes) is 1. The summed E-state index contributed by atoms with van der Waals surface area (Å²) in [6, 6.07) is 0. The highest BCUT2D eigenvalue weighted by atomic mass is 32.2. The maximum Gasteiger partial charge on any atom is 0.214 e. The molecule has 0 aliphatic carbocycles. The minimum atomic E-state index is -3.09. The average Bonchev–Trinajstić information content (AvgIpc) is 2.34. The number of carbonyl (C=O) groups excluding carboxylic acids is 1. The highest BCUT2D eigenvalue weighted by Gasteiger charge is 2.27. The molecule has 106 valence electrons. The van der Waals surface area contributed by atoms with Gasteiger partial charge in [-0.2, -0.15) is 0 Å². The zero-order chi connectivity index (χ0) is 13.6. The Labute approximate surface area is 110 Å². The van der Waals surface area contributed by atoms with E-state index in [1.54, 1.807) is 4.31 Å². The van der Waals surface area contributed by atoms with E-state index in [1.165, 1.54) is 6.92 Å². The molecule has 1 aliphatic rings. The third kappa shape index (κ3) is 5.04. The normalized spacial score (nSPS) is 19.0. The molecule has 1 aliphatic heterocycles. The second-order valence-corrected chi connectivity index (χ2v) is 6.87. The average molecular weight is 277 g/mol. The first-order chi connectivity index (χ1) is 8.45. The van der Waals surface area contributed by atoms with Crippen molar-refractivity contribution in [3.05, 3.63) is 0 Å². The smallest absolute Gasteiger partial charge is 0.214 e. The van der Waals surface area contributed by atoms with Gasteiger partial charge in [0.25, 0.3) is 0 Å². The van der Waals surface area contributed by atoms with Crippen molar-refractivity contribution in [1.29, 1.82) is 0 Å². The van der Waals surface area contributed by atoms with Crippen molar-refractivity contribution in [2.45, 2.75) is 45.6 Å². The van der Waals surface area contributed by atoms with Crippen LogP contribution in [0.5, 0.6) is 0 Å². The standard InChI is InChI=1S/C12H23NO4S/c1-3-4-9-18(15,16)13-7-5-12(6-8-13)17-10-11(2)14/h12H,3-10H2,1-2H3. The predicted molar refractivity (Wildman–Crippen MR) is 69.9 cm³/mol. The highest BCUT2D eigenvalue weighted by molar-refractivity contribution is 7.89. The molecule has 0 unspecified atom stereocenters. The molecule has 1 heterocycles. The van der Waals surface area contributed by atoms with E-state index in [9.17, 15) is 13.2 Å². The lowest BCUT2D eigenvalue weighted by atomic mass is 10.1. The Morgan fingerprint density at radius 3 is 2.44 bits per heavy atom. The summed E-state index contributed by atoms with van der Waals surface area (Å²) in [4.78, 5) is 10.8. The molecular weight excluding hydrogens is 254 g/mol. The predicted octanol–water partition coefficient (Wildman–Crippen LogP) is 1.19. The van der Waals surface area contributed by atoms with Gasteiger partial charge in [-0.15, -0.1) is 0 Å². The summed E-state index contributed by atoms with van der Waals surface area (Å²) in [5.41, 5.74) is 0. The molecule has 0 radical (unpaired) electrons. The van der Waals surface area contributed by atoms with Crippen LogP contribution in [0.2, 0.25) is 0 Å². The van der Waals surface area contributed by atoms with Gasteiger partial charge in [-0.25, -0.2) is 12.7 Å². The zero-order valence-electron chi connectivity index (χ0n) is 11.2. The first kappa shape index (κ1) is 15.6. The molecule has 5 nitrogen and oxygen atoms in total. The van der Waals surface area contributed by atoms with Gasteiger partial charge in [0.15, 0.2) is 5.78 Å². The molecule has 1 fully saturated rings. The van der Waals surface area contributed by atoms with Crippen LogP contribution in [0.4, 0.5) is 0 Å². The van der Waals surface area contributed by atoms with Gasteiger partial charge in [0.05, 0.1) is 11.9 Å². The van der Waals surface area contributed by atoms with E-state index < -0.39 is 10.0 Å². The molecule has 0 N–H and O–H groups in total. The van der Waals surface area contributed by atoms with Gasteiger partial charge in [-0.3, -0.25) is 4.79 Å². The molecule has 0 aromatic rings. The van der Waals surface area contributed by atoms with Crippen LogP contribution >= 0.6 is 0 Å². The van der Waals surface area contributed by atoms with Crippen molar-refractivity contribution in [3.8, 4) is 0 Å². The second-order valence-electron chi connectivity index (χ2n) is 4.78. The Kier molecular flexibility index (Phi) is 6.25. The van der Waals surface area contributed by atoms with Crippen molar-refractivity contribution in [2.24, 2.45) is 0 Å². The lowest BCUT2D eigenvalue weighted by Gasteiger charge is -2.31. The van der Waals surface area contributed by atoms with Gasteiger partial charge in [-0.05, 0) is 26.2 Å². The molecule has 0 atom stereocenters. The van der Waals surface area contributed by atoms with Crippen LogP contribution in [0.1, 0.15) is 39.5 Å². The molecule has 0 amide bonds. The van der Waals surface area contributed by atoms with Crippen molar-refractivity contribution >= 4 is 15.8 Å². The number of Topliss-reactive ketones (excluding diaryl/α,β-unsaturated/α-hetero) is 1. The summed E-state index contributed by atoms with van der Waals surface area (Å²) in [6.45, 7) is 4.62. The van der Waals surface area contributed by atoms with E-state index in [0.717, 1.165) is 6.42 Å². The minimum absolute atomic E-state index is 0.00740. The Bertz CT molecular complexity index is 358. The summed E-state index contributed by atoms with van der Waals surface area (Å²) in [6.07, 6.45) is 2.98. The van der Waals surface area contributed by atoms with Crippen LogP contribution in [0.15, 0.2) is 0 Å². The van der Waals surface area contributed by atoms with Gasteiger partial charge in [0, 0.05) is 13.1 Å². The molecule has 1 saturated heterocycles. The third-order valence-electron chi connectivity index (χ3n) is 3.07. The summed E-state index contributed by atoms with van der Waals surface area (Å²) in [5, 5.41) is 0. The lowest BCUT2D eigenvalue weighted by Crippen LogP contribution is -2.42. The van der Waals surface area contributed by atoms with Crippen molar-refractivity contribution < 1.29 is 17.9 Å². The van der Waals surface area contributed by atoms with Crippen LogP contribution in [-0.2, 0) is 19.6 Å². The molecule has 18 heavy (non-hydrogen) atoms. The quantitative estimate of drug-likeness (QED) is 0.701. The van der Waals surface area contributed by atoms with Gasteiger partial charge >= 0.3 is 0 Å². The van der Waals surface area contributed by atoms with Gasteiger partial charge < -0.3 is 4.74 Å². The first-order valence-electron chi connectivity index (χ1n) is 6.54. The number of carbonyl (C=O) groups is 1. The summed E-state index contributed by atoms with van der Waals surface area (Å²) < 4.78 is 30.9. The summed E-state index contributed by atoms with van der Waals surface area (Å²) >= 11 is 0. The Hall–Kier alpha value is -0.460. The number of nitrogens with zero attached hydrogens (tertiary/aromatic N) is 1. The van der Waals surface area contributed by atoms with Crippen molar-refractivity contribution in [2.75, 3.05) is 25.4 Å². The fraction of sp³-hybridized carbons (Fsp3) is 0.917. The monoisotopic (exact) mass is 277 g/mol. The Balaban J connectivity index is 2.36. The topological polar surface area (TPSA) is 63.7 Å². The highest BCUT2D eigenvalue weighted by Crippen LogP contribution is 2.17. The maximum absolute atomic E-state index is 11.9. The molecule has 0 spiro atoms. The van der Waals surface area contributed by atoms with Crippen LogP contribution in [-0.4, -0.2) is 50.1 Å². The van der Waals surface area contributed by atoms with Crippen LogP contribution < -0.4 is 0 Å². The first-order valence-corrected chi connectivity index (χ1v) is 8.15. The zero-order valence-corrected chi connectivity index (χ0v) is 12.0. The second kappa shape index (κ2) is 7.21. The van der Waals surface area contributed by atoms with Gasteiger partial charge in [0.2, 0.25) is 10.0 Å². The number of ether oxygens (including phenoxy) is 1. The van der Waals surface area contributed by atoms with Gasteiger partial charge in [0.1, 0.15) is 6.61 Å². The Morgan fingerprint density at radius 2 is 1.94 bits per heavy atom. The molecule has 0 saturated carbocycles. The molecule has 1 rings (SSSR count). The third-order valence-corrected chi connectivity index (χ3v) is 5.03. The number of hydrogen-bond acceptors (Lipinski definition) is 4. The van der Waals surface area contributed by atoms with E-state index in [0.29, 0.717) is 32.4 Å². The van der Waals surface area contributed by atoms with E-state index >= 15 is 0 Å². The Morgan fingerprint density at radius 1 is 1.33 bits per heavy atom. The molecule has 6 heteroatoms. The van der Waals surface area contributed by atoms with Crippen molar-refractivity contribution in [1.82, 2.24) is 4.31 Å². The van der Waals surface area contributed by atoms with E-state index in [1.807, 2.05) is 6.92 Å². The van der Waals surface area contributed by atoms with Crippen molar-refractivity contribution in [3.63, 3.8) is 0 Å². The molecular formula is C12H23NO4S. The number of sulfonamides is 1. The van der Waals surface area contributed by atoms with E-state index in [4.69, 9.17) is 4.74 Å². The molecule has 0 aromatic carbocycles. The number of rotatable bonds is 7. The van der Waals surface area contributed by atoms with Gasteiger partial charge in [-0.1, -0.05) is 13.3 Å².